The van der Waals surface area contributed by atoms with Gasteiger partial charge in [-0.25, -0.2) is 0 Å². The molecule has 0 bridgehead atoms. The second kappa shape index (κ2) is 5.79. The summed E-state index contributed by atoms with van der Waals surface area (Å²) in [4.78, 5) is 1.42. The molecule has 1 fully saturated rings. The van der Waals surface area contributed by atoms with Crippen molar-refractivity contribution < 1.29 is 0 Å². The number of H-pyrrole nitrogens is 1. The van der Waals surface area contributed by atoms with Crippen molar-refractivity contribution in [2.24, 2.45) is 5.92 Å². The standard InChI is InChI=1S/C13H19N5S/c1-9(13-15-17-18-16-13)14-12(10-5-2-3-6-10)11-7-4-8-19-11/h4,7-10,12,14H,2-3,5-6H2,1H3,(H,15,16,17,18). The van der Waals surface area contributed by atoms with Gasteiger partial charge in [-0.15, -0.1) is 21.5 Å². The third-order valence-corrected chi connectivity index (χ3v) is 4.85. The average molecular weight is 277 g/mol. The Morgan fingerprint density at radius 3 is 2.89 bits per heavy atom. The predicted molar refractivity (Wildman–Crippen MR) is 74.7 cm³/mol. The van der Waals surface area contributed by atoms with E-state index < -0.39 is 0 Å². The molecule has 1 saturated carbocycles. The molecule has 102 valence electrons. The van der Waals surface area contributed by atoms with Gasteiger partial charge in [-0.1, -0.05) is 24.1 Å². The van der Waals surface area contributed by atoms with Crippen LogP contribution in [0, 0.1) is 5.92 Å². The first-order valence-corrected chi connectivity index (χ1v) is 7.75. The maximum absolute atomic E-state index is 4.07. The zero-order valence-electron chi connectivity index (χ0n) is 11.0. The number of nitrogens with zero attached hydrogens (tertiary/aromatic N) is 3. The molecule has 2 atom stereocenters. The number of aromatic nitrogens is 4. The average Bonchev–Trinajstić information content (AvgIpc) is 3.17. The summed E-state index contributed by atoms with van der Waals surface area (Å²) in [6.07, 6.45) is 5.33. The molecule has 0 radical (unpaired) electrons. The van der Waals surface area contributed by atoms with Crippen LogP contribution in [0.5, 0.6) is 0 Å². The lowest BCUT2D eigenvalue weighted by Crippen LogP contribution is -2.29. The Morgan fingerprint density at radius 2 is 2.26 bits per heavy atom. The Balaban J connectivity index is 1.75. The Kier molecular flexibility index (Phi) is 3.89. The molecule has 0 spiro atoms. The molecule has 1 aliphatic carbocycles. The van der Waals surface area contributed by atoms with E-state index in [-0.39, 0.29) is 6.04 Å². The van der Waals surface area contributed by atoms with E-state index in [1.807, 2.05) is 11.3 Å². The van der Waals surface area contributed by atoms with E-state index in [9.17, 15) is 0 Å². The number of aromatic amines is 1. The lowest BCUT2D eigenvalue weighted by molar-refractivity contribution is 0.337. The van der Waals surface area contributed by atoms with Gasteiger partial charge in [-0.05, 0) is 37.1 Å². The monoisotopic (exact) mass is 277 g/mol. The van der Waals surface area contributed by atoms with Gasteiger partial charge < -0.3 is 0 Å². The topological polar surface area (TPSA) is 66.5 Å². The maximum atomic E-state index is 4.07. The van der Waals surface area contributed by atoms with Gasteiger partial charge >= 0.3 is 0 Å². The second-order valence-corrected chi connectivity index (χ2v) is 6.18. The summed E-state index contributed by atoms with van der Waals surface area (Å²) in [6.45, 7) is 2.10. The highest BCUT2D eigenvalue weighted by Crippen LogP contribution is 2.38. The Labute approximate surface area is 116 Å². The van der Waals surface area contributed by atoms with Crippen LogP contribution < -0.4 is 5.32 Å². The van der Waals surface area contributed by atoms with Crippen LogP contribution in [0.4, 0.5) is 0 Å². The lowest BCUT2D eigenvalue weighted by Gasteiger charge is -2.26. The van der Waals surface area contributed by atoms with E-state index in [0.717, 1.165) is 11.7 Å². The predicted octanol–water partition coefficient (Wildman–Crippen LogP) is 2.84. The first kappa shape index (κ1) is 12.7. The molecule has 2 aromatic heterocycles. The summed E-state index contributed by atoms with van der Waals surface area (Å²) in [5.41, 5.74) is 0. The van der Waals surface area contributed by atoms with Crippen LogP contribution in [0.2, 0.25) is 0 Å². The molecule has 2 N–H and O–H groups in total. The molecule has 5 nitrogen and oxygen atoms in total. The third kappa shape index (κ3) is 2.84. The first-order valence-electron chi connectivity index (χ1n) is 6.87. The minimum Gasteiger partial charge on any atom is -0.299 e. The number of rotatable bonds is 5. The van der Waals surface area contributed by atoms with E-state index in [2.05, 4.69) is 50.4 Å². The van der Waals surface area contributed by atoms with Crippen LogP contribution in [0.25, 0.3) is 0 Å². The number of thiophene rings is 1. The molecular formula is C13H19N5S. The molecule has 0 aromatic carbocycles. The number of tetrazole rings is 1. The van der Waals surface area contributed by atoms with E-state index in [0.29, 0.717) is 6.04 Å². The van der Waals surface area contributed by atoms with Crippen molar-refractivity contribution in [2.45, 2.75) is 44.7 Å². The van der Waals surface area contributed by atoms with Crippen molar-refractivity contribution in [2.75, 3.05) is 0 Å². The summed E-state index contributed by atoms with van der Waals surface area (Å²) in [5, 5.41) is 20.1. The molecule has 0 saturated heterocycles. The first-order chi connectivity index (χ1) is 9.34. The molecule has 6 heteroatoms. The summed E-state index contributed by atoms with van der Waals surface area (Å²) in [7, 11) is 0. The van der Waals surface area contributed by atoms with E-state index in [1.54, 1.807) is 0 Å². The fraction of sp³-hybridized carbons (Fsp3) is 0.615. The SMILES string of the molecule is CC(NC(c1cccs1)C1CCCC1)c1nn[nH]n1. The van der Waals surface area contributed by atoms with E-state index >= 15 is 0 Å². The fourth-order valence-electron chi connectivity index (χ4n) is 2.91. The van der Waals surface area contributed by atoms with Crippen molar-refractivity contribution in [3.8, 4) is 0 Å². The lowest BCUT2D eigenvalue weighted by atomic mass is 9.96. The van der Waals surface area contributed by atoms with Gasteiger partial charge in [0.25, 0.3) is 0 Å². The van der Waals surface area contributed by atoms with E-state index in [4.69, 9.17) is 0 Å². The number of nitrogens with one attached hydrogen (secondary N) is 2. The van der Waals surface area contributed by atoms with E-state index in [1.165, 1.54) is 30.6 Å². The minimum absolute atomic E-state index is 0.117. The summed E-state index contributed by atoms with van der Waals surface area (Å²) in [5.74, 6) is 1.47. The quantitative estimate of drug-likeness (QED) is 0.882. The van der Waals surface area contributed by atoms with Crippen LogP contribution in [-0.2, 0) is 0 Å². The Hall–Kier alpha value is -1.27. The second-order valence-electron chi connectivity index (χ2n) is 5.20. The molecule has 19 heavy (non-hydrogen) atoms. The zero-order valence-corrected chi connectivity index (χ0v) is 11.9. The van der Waals surface area contributed by atoms with Gasteiger partial charge in [0.15, 0.2) is 5.82 Å². The van der Waals surface area contributed by atoms with Gasteiger partial charge in [0, 0.05) is 10.9 Å². The Morgan fingerprint density at radius 1 is 1.42 bits per heavy atom. The van der Waals surface area contributed by atoms with Gasteiger partial charge in [0.05, 0.1) is 6.04 Å². The highest BCUT2D eigenvalue weighted by molar-refractivity contribution is 7.10. The smallest absolute Gasteiger partial charge is 0.191 e. The van der Waals surface area contributed by atoms with Gasteiger partial charge in [0.1, 0.15) is 0 Å². The van der Waals surface area contributed by atoms with Crippen LogP contribution in [-0.4, -0.2) is 20.6 Å². The van der Waals surface area contributed by atoms with Gasteiger partial charge in [-0.2, -0.15) is 5.21 Å². The summed E-state index contributed by atoms with van der Waals surface area (Å²) >= 11 is 1.83. The number of hydrogen-bond acceptors (Lipinski definition) is 5. The fourth-order valence-corrected chi connectivity index (χ4v) is 3.78. The van der Waals surface area contributed by atoms with Gasteiger partial charge in [0.2, 0.25) is 0 Å². The van der Waals surface area contributed by atoms with Crippen molar-refractivity contribution in [1.82, 2.24) is 25.9 Å². The van der Waals surface area contributed by atoms with Crippen molar-refractivity contribution >= 4 is 11.3 Å². The minimum atomic E-state index is 0.117. The molecular weight excluding hydrogens is 258 g/mol. The highest BCUT2D eigenvalue weighted by Gasteiger charge is 2.29. The molecule has 2 unspecified atom stereocenters. The number of hydrogen-bond donors (Lipinski definition) is 2. The zero-order chi connectivity index (χ0) is 13.1. The van der Waals surface area contributed by atoms with Crippen LogP contribution in [0.3, 0.4) is 0 Å². The molecule has 0 aliphatic heterocycles. The summed E-state index contributed by atoms with van der Waals surface area (Å²) < 4.78 is 0. The van der Waals surface area contributed by atoms with Crippen molar-refractivity contribution in [1.29, 1.82) is 0 Å². The molecule has 2 heterocycles. The third-order valence-electron chi connectivity index (χ3n) is 3.90. The largest absolute Gasteiger partial charge is 0.299 e. The highest BCUT2D eigenvalue weighted by atomic mass is 32.1. The summed E-state index contributed by atoms with van der Waals surface area (Å²) in [6, 6.07) is 4.88. The molecule has 0 amide bonds. The van der Waals surface area contributed by atoms with Crippen LogP contribution in [0.15, 0.2) is 17.5 Å². The molecule has 1 aliphatic rings. The normalized spacial score (nSPS) is 19.6. The maximum Gasteiger partial charge on any atom is 0.191 e. The van der Waals surface area contributed by atoms with Gasteiger partial charge in [-0.3, -0.25) is 5.32 Å². The van der Waals surface area contributed by atoms with Crippen molar-refractivity contribution in [3.63, 3.8) is 0 Å². The van der Waals surface area contributed by atoms with Crippen LogP contribution >= 0.6 is 11.3 Å². The molecule has 3 rings (SSSR count). The van der Waals surface area contributed by atoms with Crippen molar-refractivity contribution in [3.05, 3.63) is 28.2 Å². The molecule has 2 aromatic rings. The Bertz CT molecular complexity index is 475. The van der Waals surface area contributed by atoms with Crippen LogP contribution in [0.1, 0.15) is 55.4 Å².